The summed E-state index contributed by atoms with van der Waals surface area (Å²) in [6.45, 7) is -0.387. The number of carbonyl (C=O) groups is 1. The minimum absolute atomic E-state index is 0.304. The molecule has 0 radical (unpaired) electrons. The third-order valence-corrected chi connectivity index (χ3v) is 4.24. The number of amides is 1. The third kappa shape index (κ3) is 5.21. The average Bonchev–Trinajstić information content (AvgIpc) is 2.79. The van der Waals surface area contributed by atoms with Crippen LogP contribution in [0, 0.1) is 20.2 Å². The number of nitro benzene ring substituents is 2. The van der Waals surface area contributed by atoms with Crippen LogP contribution in [-0.4, -0.2) is 33.7 Å². The van der Waals surface area contributed by atoms with Gasteiger partial charge in [0.25, 0.3) is 11.6 Å². The van der Waals surface area contributed by atoms with Crippen LogP contribution < -0.4 is 10.2 Å². The van der Waals surface area contributed by atoms with Crippen molar-refractivity contribution in [2.75, 3.05) is 6.61 Å². The predicted molar refractivity (Wildman–Crippen MR) is 115 cm³/mol. The molecule has 0 aliphatic carbocycles. The fourth-order valence-electron chi connectivity index (χ4n) is 2.77. The lowest BCUT2D eigenvalue weighted by molar-refractivity contribution is -0.394. The Morgan fingerprint density at radius 3 is 2.41 bits per heavy atom. The average molecular weight is 436 g/mol. The molecule has 3 rings (SSSR count). The van der Waals surface area contributed by atoms with E-state index in [2.05, 4.69) is 10.5 Å². The molecule has 3 aromatic rings. The van der Waals surface area contributed by atoms with Crippen LogP contribution >= 0.6 is 0 Å². The lowest BCUT2D eigenvalue weighted by Gasteiger charge is -2.10. The molecule has 3 aromatic carbocycles. The smallest absolute Gasteiger partial charge is 0.318 e. The maximum atomic E-state index is 12.1. The van der Waals surface area contributed by atoms with E-state index < -0.39 is 32.9 Å². The quantitative estimate of drug-likeness (QED) is 0.311. The first-order chi connectivity index (χ1) is 15.4. The van der Waals surface area contributed by atoms with E-state index in [4.69, 9.17) is 4.74 Å². The zero-order valence-corrected chi connectivity index (χ0v) is 16.4. The predicted octanol–water partition coefficient (Wildman–Crippen LogP) is 3.40. The van der Waals surface area contributed by atoms with Gasteiger partial charge in [0.05, 0.1) is 27.7 Å². The molecule has 0 aliphatic rings. The normalized spacial score (nSPS) is 10.6. The highest BCUT2D eigenvalue weighted by atomic mass is 16.6. The summed E-state index contributed by atoms with van der Waals surface area (Å²) in [6.07, 6.45) is 0.866. The zero-order valence-electron chi connectivity index (χ0n) is 16.4. The Kier molecular flexibility index (Phi) is 6.71. The van der Waals surface area contributed by atoms with Crippen molar-refractivity contribution in [1.29, 1.82) is 0 Å². The number of para-hydroxylation sites is 1. The molecule has 0 aliphatic heterocycles. The second kappa shape index (κ2) is 9.80. The van der Waals surface area contributed by atoms with Crippen LogP contribution in [0.1, 0.15) is 5.56 Å². The first kappa shape index (κ1) is 21.9. The molecular weight excluding hydrogens is 420 g/mol. The van der Waals surface area contributed by atoms with Gasteiger partial charge in [-0.3, -0.25) is 25.0 Å². The van der Waals surface area contributed by atoms with Crippen molar-refractivity contribution < 1.29 is 24.5 Å². The number of hydrogen-bond acceptors (Lipinski definition) is 8. The van der Waals surface area contributed by atoms with Gasteiger partial charge in [-0.05, 0) is 11.6 Å². The van der Waals surface area contributed by atoms with Gasteiger partial charge in [0, 0.05) is 11.6 Å². The Morgan fingerprint density at radius 2 is 1.72 bits per heavy atom. The van der Waals surface area contributed by atoms with Gasteiger partial charge in [-0.25, -0.2) is 5.43 Å². The molecule has 2 N–H and O–H groups in total. The maximum Gasteiger partial charge on any atom is 0.318 e. The molecule has 0 bridgehead atoms. The van der Waals surface area contributed by atoms with Crippen molar-refractivity contribution in [3.8, 4) is 22.6 Å². The Bertz CT molecular complexity index is 1200. The number of non-ortho nitro benzene ring substituents is 1. The van der Waals surface area contributed by atoms with E-state index in [1.165, 1.54) is 0 Å². The van der Waals surface area contributed by atoms with Crippen molar-refractivity contribution in [2.45, 2.75) is 0 Å². The van der Waals surface area contributed by atoms with E-state index in [0.717, 1.165) is 23.4 Å². The Hall–Kier alpha value is -4.80. The topological polar surface area (TPSA) is 157 Å². The van der Waals surface area contributed by atoms with Crippen LogP contribution in [0.3, 0.4) is 0 Å². The monoisotopic (exact) mass is 436 g/mol. The van der Waals surface area contributed by atoms with Crippen LogP contribution in [-0.2, 0) is 4.79 Å². The maximum absolute atomic E-state index is 12.1. The highest BCUT2D eigenvalue weighted by Crippen LogP contribution is 2.33. The number of nitro groups is 2. The van der Waals surface area contributed by atoms with E-state index in [0.29, 0.717) is 11.8 Å². The number of nitrogens with one attached hydrogen (secondary N) is 1. The van der Waals surface area contributed by atoms with E-state index in [1.807, 2.05) is 42.5 Å². The molecule has 11 heteroatoms. The number of aromatic hydroxyl groups is 1. The molecular formula is C21H16N4O7. The molecule has 0 fully saturated rings. The van der Waals surface area contributed by atoms with Gasteiger partial charge in [-0.15, -0.1) is 0 Å². The summed E-state index contributed by atoms with van der Waals surface area (Å²) in [5.41, 5.74) is 2.07. The molecule has 0 aromatic heterocycles. The second-order valence-electron chi connectivity index (χ2n) is 6.36. The van der Waals surface area contributed by atoms with Crippen molar-refractivity contribution in [2.24, 2.45) is 5.10 Å². The van der Waals surface area contributed by atoms with Crippen LogP contribution in [0.25, 0.3) is 11.1 Å². The standard InChI is InChI=1S/C21H16N4O7/c26-20(13-32-19-9-5-4-8-17(19)14-6-2-1-3-7-14)23-22-12-15-10-16(24(28)29)11-18(21(15)27)25(30)31/h1-12,27H,13H2,(H,23,26)/b22-12+. The highest BCUT2D eigenvalue weighted by molar-refractivity contribution is 5.88. The van der Waals surface area contributed by atoms with Crippen LogP contribution in [0.2, 0.25) is 0 Å². The van der Waals surface area contributed by atoms with Gasteiger partial charge in [-0.2, -0.15) is 5.10 Å². The van der Waals surface area contributed by atoms with Gasteiger partial charge in [0.1, 0.15) is 5.75 Å². The molecule has 0 spiro atoms. The molecule has 0 saturated heterocycles. The van der Waals surface area contributed by atoms with E-state index >= 15 is 0 Å². The van der Waals surface area contributed by atoms with Crippen LogP contribution in [0.4, 0.5) is 11.4 Å². The Balaban J connectivity index is 1.68. The van der Waals surface area contributed by atoms with E-state index in [9.17, 15) is 30.1 Å². The molecule has 162 valence electrons. The van der Waals surface area contributed by atoms with Gasteiger partial charge in [0.15, 0.2) is 6.61 Å². The summed E-state index contributed by atoms with van der Waals surface area (Å²) in [7, 11) is 0. The number of benzene rings is 3. The first-order valence-corrected chi connectivity index (χ1v) is 9.11. The van der Waals surface area contributed by atoms with Gasteiger partial charge in [0.2, 0.25) is 5.75 Å². The fraction of sp³-hybridized carbons (Fsp3) is 0.0476. The largest absolute Gasteiger partial charge is 0.502 e. The highest BCUT2D eigenvalue weighted by Gasteiger charge is 2.23. The number of hydrogen-bond donors (Lipinski definition) is 2. The van der Waals surface area contributed by atoms with Crippen molar-refractivity contribution in [1.82, 2.24) is 5.43 Å². The number of phenolic OH excluding ortho intramolecular Hbond substituents is 1. The fourth-order valence-corrected chi connectivity index (χ4v) is 2.77. The molecule has 11 nitrogen and oxygen atoms in total. The number of phenols is 1. The minimum atomic E-state index is -0.962. The first-order valence-electron chi connectivity index (χ1n) is 9.11. The molecule has 0 saturated carbocycles. The van der Waals surface area contributed by atoms with Gasteiger partial charge >= 0.3 is 5.69 Å². The zero-order chi connectivity index (χ0) is 23.1. The SMILES string of the molecule is O=C(COc1ccccc1-c1ccccc1)N/N=C/c1cc([N+](=O)[O-])cc([N+](=O)[O-])c1O. The molecule has 0 heterocycles. The van der Waals surface area contributed by atoms with Crippen molar-refractivity contribution >= 4 is 23.5 Å². The lowest BCUT2D eigenvalue weighted by Crippen LogP contribution is -2.24. The summed E-state index contributed by atoms with van der Waals surface area (Å²) in [5, 5.41) is 35.4. The van der Waals surface area contributed by atoms with E-state index in [1.54, 1.807) is 12.1 Å². The molecule has 0 atom stereocenters. The molecule has 1 amide bonds. The summed E-state index contributed by atoms with van der Waals surface area (Å²) in [5.74, 6) is -0.986. The van der Waals surface area contributed by atoms with E-state index in [-0.39, 0.29) is 12.2 Å². The number of rotatable bonds is 8. The Morgan fingerprint density at radius 1 is 1.03 bits per heavy atom. The number of carbonyl (C=O) groups excluding carboxylic acids is 1. The number of ether oxygens (including phenoxy) is 1. The third-order valence-electron chi connectivity index (χ3n) is 4.24. The van der Waals surface area contributed by atoms with Crippen LogP contribution in [0.15, 0.2) is 71.8 Å². The van der Waals surface area contributed by atoms with Crippen LogP contribution in [0.5, 0.6) is 11.5 Å². The van der Waals surface area contributed by atoms with Gasteiger partial charge in [-0.1, -0.05) is 48.5 Å². The van der Waals surface area contributed by atoms with Crippen molar-refractivity contribution in [3.05, 3.63) is 92.5 Å². The molecule has 32 heavy (non-hydrogen) atoms. The molecule has 0 unspecified atom stereocenters. The summed E-state index contributed by atoms with van der Waals surface area (Å²) in [4.78, 5) is 32.2. The summed E-state index contributed by atoms with van der Waals surface area (Å²) >= 11 is 0. The van der Waals surface area contributed by atoms with Crippen molar-refractivity contribution in [3.63, 3.8) is 0 Å². The Labute approximate surface area is 180 Å². The summed E-state index contributed by atoms with van der Waals surface area (Å²) < 4.78 is 5.57. The second-order valence-corrected chi connectivity index (χ2v) is 6.36. The van der Waals surface area contributed by atoms with Gasteiger partial charge < -0.3 is 9.84 Å². The lowest BCUT2D eigenvalue weighted by atomic mass is 10.1. The minimum Gasteiger partial charge on any atom is -0.502 e. The number of nitrogens with zero attached hydrogens (tertiary/aromatic N) is 3. The summed E-state index contributed by atoms with van der Waals surface area (Å²) in [6, 6.07) is 18.1. The number of hydrazone groups is 1.